The van der Waals surface area contributed by atoms with Crippen LogP contribution in [0.2, 0.25) is 0 Å². The summed E-state index contributed by atoms with van der Waals surface area (Å²) >= 11 is 0. The van der Waals surface area contributed by atoms with Gasteiger partial charge in [0.1, 0.15) is 24.5 Å². The second-order valence-electron chi connectivity index (χ2n) is 13.1. The fourth-order valence-electron chi connectivity index (χ4n) is 6.51. The molecule has 0 fully saturated rings. The zero-order valence-corrected chi connectivity index (χ0v) is 31.9. The van der Waals surface area contributed by atoms with E-state index in [1.165, 1.54) is 6.92 Å². The highest BCUT2D eigenvalue weighted by molar-refractivity contribution is 7.97. The summed E-state index contributed by atoms with van der Waals surface area (Å²) in [5.41, 5.74) is 2.30. The van der Waals surface area contributed by atoms with Crippen LogP contribution in [0.1, 0.15) is 23.6 Å². The van der Waals surface area contributed by atoms with Gasteiger partial charge < -0.3 is 20.1 Å². The molecule has 2 amide bonds. The van der Waals surface area contributed by atoms with Crippen molar-refractivity contribution in [1.29, 1.82) is 0 Å². The predicted molar refractivity (Wildman–Crippen MR) is 223 cm³/mol. The van der Waals surface area contributed by atoms with Crippen molar-refractivity contribution in [3.05, 3.63) is 199 Å². The number of ketones is 1. The van der Waals surface area contributed by atoms with Crippen LogP contribution in [-0.4, -0.2) is 41.1 Å². The third-order valence-electron chi connectivity index (χ3n) is 9.26. The lowest BCUT2D eigenvalue weighted by Crippen LogP contribution is -2.54. The Morgan fingerprint density at radius 3 is 1.30 bits per heavy atom. The number of ether oxygens (including phenoxy) is 2. The SMILES string of the molecule is C[C@H](NC(=O)OCc1ccccc1)C(=O)N[C@@H](Cc1ccccc1)C(=O)C(C(=O)OCc1ccccc1)=P(c1ccccc1)(c1ccccc1)c1ccccc1. The third-order valence-corrected chi connectivity index (χ3v) is 13.6. The summed E-state index contributed by atoms with van der Waals surface area (Å²) in [4.78, 5) is 57.4. The number of carbonyl (C=O) groups is 4. The van der Waals surface area contributed by atoms with Crippen LogP contribution in [0.3, 0.4) is 0 Å². The van der Waals surface area contributed by atoms with E-state index >= 15 is 4.79 Å². The van der Waals surface area contributed by atoms with Crippen molar-refractivity contribution in [2.75, 3.05) is 0 Å². The summed E-state index contributed by atoms with van der Waals surface area (Å²) in [6.07, 6.45) is -0.730. The molecular formula is C47H43N2O6P. The molecule has 0 heterocycles. The molecule has 6 rings (SSSR count). The molecular weight excluding hydrogens is 719 g/mol. The van der Waals surface area contributed by atoms with Crippen LogP contribution in [0.4, 0.5) is 4.79 Å². The summed E-state index contributed by atoms with van der Waals surface area (Å²) in [6.45, 7) is -1.88. The number of esters is 1. The molecule has 6 aromatic carbocycles. The summed E-state index contributed by atoms with van der Waals surface area (Å²) in [5.74, 6) is -2.01. The number of nitrogens with one attached hydrogen (secondary N) is 2. The largest absolute Gasteiger partial charge is 0.457 e. The summed E-state index contributed by atoms with van der Waals surface area (Å²) in [5, 5.41) is 7.71. The van der Waals surface area contributed by atoms with Crippen molar-refractivity contribution < 1.29 is 28.7 Å². The third kappa shape index (κ3) is 9.59. The van der Waals surface area contributed by atoms with Crippen LogP contribution < -0.4 is 26.5 Å². The lowest BCUT2D eigenvalue weighted by atomic mass is 10.00. The fourth-order valence-corrected chi connectivity index (χ4v) is 10.9. The molecule has 0 aliphatic heterocycles. The Labute approximate surface area is 327 Å². The van der Waals surface area contributed by atoms with Crippen molar-refractivity contribution in [2.24, 2.45) is 0 Å². The zero-order valence-electron chi connectivity index (χ0n) is 31.0. The van der Waals surface area contributed by atoms with Crippen molar-refractivity contribution >= 4 is 51.8 Å². The van der Waals surface area contributed by atoms with Crippen LogP contribution in [0.25, 0.3) is 0 Å². The molecule has 9 heteroatoms. The van der Waals surface area contributed by atoms with Gasteiger partial charge in [0.2, 0.25) is 5.91 Å². The normalized spacial score (nSPS) is 12.0. The number of rotatable bonds is 15. The van der Waals surface area contributed by atoms with Crippen molar-refractivity contribution in [2.45, 2.75) is 38.6 Å². The van der Waals surface area contributed by atoms with Crippen molar-refractivity contribution in [3.63, 3.8) is 0 Å². The smallest absolute Gasteiger partial charge is 0.408 e. The predicted octanol–water partition coefficient (Wildman–Crippen LogP) is 6.51. The lowest BCUT2D eigenvalue weighted by molar-refractivity contribution is -0.137. The Hall–Kier alpha value is -6.50. The average Bonchev–Trinajstić information content (AvgIpc) is 3.25. The molecule has 8 nitrogen and oxygen atoms in total. The van der Waals surface area contributed by atoms with Crippen LogP contribution in [0.15, 0.2) is 182 Å². The number of benzene rings is 6. The first kappa shape index (κ1) is 39.2. The van der Waals surface area contributed by atoms with E-state index in [1.807, 2.05) is 182 Å². The monoisotopic (exact) mass is 762 g/mol. The molecule has 282 valence electrons. The van der Waals surface area contributed by atoms with E-state index in [-0.39, 0.29) is 24.9 Å². The molecule has 0 saturated carbocycles. The first-order valence-electron chi connectivity index (χ1n) is 18.4. The van der Waals surface area contributed by atoms with Gasteiger partial charge in [-0.15, -0.1) is 0 Å². The topological polar surface area (TPSA) is 111 Å². The molecule has 0 spiro atoms. The first-order chi connectivity index (χ1) is 27.4. The van der Waals surface area contributed by atoms with Crippen LogP contribution in [-0.2, 0) is 43.5 Å². The van der Waals surface area contributed by atoms with Gasteiger partial charge in [0, 0.05) is 6.42 Å². The second-order valence-corrected chi connectivity index (χ2v) is 16.5. The number of alkyl carbamates (subject to hydrolysis) is 1. The molecule has 56 heavy (non-hydrogen) atoms. The number of hydrogen-bond acceptors (Lipinski definition) is 6. The van der Waals surface area contributed by atoms with E-state index in [4.69, 9.17) is 9.47 Å². The number of hydrogen-bond donors (Lipinski definition) is 2. The molecule has 0 aliphatic carbocycles. The molecule has 2 atom stereocenters. The summed E-state index contributed by atoms with van der Waals surface area (Å²) in [6, 6.07) is 54.0. The molecule has 0 aromatic heterocycles. The molecule has 0 saturated heterocycles. The highest BCUT2D eigenvalue weighted by Crippen LogP contribution is 2.47. The van der Waals surface area contributed by atoms with Crippen molar-refractivity contribution in [1.82, 2.24) is 10.6 Å². The Morgan fingerprint density at radius 1 is 0.500 bits per heavy atom. The van der Waals surface area contributed by atoms with Gasteiger partial charge in [-0.3, -0.25) is 9.59 Å². The quantitative estimate of drug-likeness (QED) is 0.0702. The Bertz CT molecular complexity index is 2170. The summed E-state index contributed by atoms with van der Waals surface area (Å²) in [7, 11) is 0. The molecule has 0 unspecified atom stereocenters. The maximum atomic E-state index is 15.7. The van der Waals surface area contributed by atoms with Gasteiger partial charge in [0.05, 0.1) is 6.04 Å². The van der Waals surface area contributed by atoms with Gasteiger partial charge in [-0.2, -0.15) is 0 Å². The van der Waals surface area contributed by atoms with E-state index in [0.717, 1.165) is 32.6 Å². The number of Topliss-reactive ketones (excluding diaryl/α,β-unsaturated/α-hetero) is 1. The average molecular weight is 763 g/mol. The van der Waals surface area contributed by atoms with Gasteiger partial charge in [-0.25, -0.2) is 9.59 Å². The van der Waals surface area contributed by atoms with Crippen LogP contribution in [0.5, 0.6) is 0 Å². The van der Waals surface area contributed by atoms with Gasteiger partial charge in [0.15, 0.2) is 5.78 Å². The minimum atomic E-state index is -3.33. The second kappa shape index (κ2) is 19.2. The van der Waals surface area contributed by atoms with E-state index in [9.17, 15) is 14.4 Å². The molecule has 0 aliphatic rings. The minimum Gasteiger partial charge on any atom is -0.457 e. The fraction of sp³-hybridized carbons (Fsp3) is 0.128. The molecule has 0 radical (unpaired) electrons. The van der Waals surface area contributed by atoms with E-state index in [2.05, 4.69) is 10.6 Å². The zero-order chi connectivity index (χ0) is 39.2. The molecule has 2 N–H and O–H groups in total. The maximum Gasteiger partial charge on any atom is 0.408 e. The molecule has 0 bridgehead atoms. The van der Waals surface area contributed by atoms with Gasteiger partial charge in [-0.05, 0) is 46.4 Å². The van der Waals surface area contributed by atoms with Gasteiger partial charge in [0.25, 0.3) is 0 Å². The van der Waals surface area contributed by atoms with Crippen LogP contribution >= 0.6 is 6.89 Å². The first-order valence-corrected chi connectivity index (χ1v) is 20.2. The Balaban J connectivity index is 1.48. The highest BCUT2D eigenvalue weighted by atomic mass is 31.2. The standard InChI is InChI=1S/C47H43N2O6P/c1-35(48-47(53)55-34-38-24-12-4-13-25-38)45(51)49-42(32-36-20-8-2-9-21-36)43(50)44(46(52)54-33-37-22-10-3-11-23-37)56(39-26-14-5-15-27-39,40-28-16-6-17-29-40)41-30-18-7-19-31-41/h2-31,35,42H,32-34H2,1H3,(H,48,53)(H,49,51)/t35-,42-/m0/s1. The highest BCUT2D eigenvalue weighted by Gasteiger charge is 2.41. The number of carbonyl (C=O) groups excluding carboxylic acids is 4. The molecule has 6 aromatic rings. The van der Waals surface area contributed by atoms with E-state index in [0.29, 0.717) is 0 Å². The van der Waals surface area contributed by atoms with Crippen molar-refractivity contribution in [3.8, 4) is 0 Å². The van der Waals surface area contributed by atoms with E-state index in [1.54, 1.807) is 0 Å². The Morgan fingerprint density at radius 2 is 0.875 bits per heavy atom. The summed E-state index contributed by atoms with van der Waals surface area (Å²) < 4.78 is 11.5. The van der Waals surface area contributed by atoms with Gasteiger partial charge >= 0.3 is 12.1 Å². The lowest BCUT2D eigenvalue weighted by Gasteiger charge is -2.33. The van der Waals surface area contributed by atoms with E-state index < -0.39 is 42.7 Å². The van der Waals surface area contributed by atoms with Crippen LogP contribution in [0, 0.1) is 0 Å². The maximum absolute atomic E-state index is 15.7. The Kier molecular flexibility index (Phi) is 13.4. The number of amides is 2. The van der Waals surface area contributed by atoms with Gasteiger partial charge in [-0.1, -0.05) is 182 Å². The minimum absolute atomic E-state index is 0.0176.